The van der Waals surface area contributed by atoms with Crippen LogP contribution >= 0.6 is 0 Å². The number of hydrogen-bond acceptors (Lipinski definition) is 7. The molecule has 0 saturated heterocycles. The van der Waals surface area contributed by atoms with Gasteiger partial charge in [0.15, 0.2) is 0 Å². The number of nitrogens with zero attached hydrogens (tertiary/aromatic N) is 2. The van der Waals surface area contributed by atoms with Gasteiger partial charge in [-0.3, -0.25) is 4.79 Å². The fourth-order valence-electron chi connectivity index (χ4n) is 4.56. The number of carbonyl (C=O) groups is 2. The van der Waals surface area contributed by atoms with Gasteiger partial charge >= 0.3 is 29.6 Å². The molecule has 0 aliphatic rings. The number of benzene rings is 2. The van der Waals surface area contributed by atoms with Crippen LogP contribution in [0.15, 0.2) is 54.6 Å². The molecule has 1 amide bonds. The van der Waals surface area contributed by atoms with Gasteiger partial charge in [-0.15, -0.1) is 0 Å². The zero-order valence-electron chi connectivity index (χ0n) is 23.1. The second-order valence-corrected chi connectivity index (χ2v) is 9.93. The van der Waals surface area contributed by atoms with Gasteiger partial charge in [-0.25, -0.2) is 9.37 Å². The Labute approximate surface area is 255 Å². The van der Waals surface area contributed by atoms with Crippen molar-refractivity contribution in [1.29, 1.82) is 0 Å². The van der Waals surface area contributed by atoms with Crippen LogP contribution in [0.3, 0.4) is 0 Å². The fraction of sp³-hybridized carbons (Fsp3) is 0.414. The van der Waals surface area contributed by atoms with Gasteiger partial charge in [-0.2, -0.15) is 0 Å². The fourth-order valence-corrected chi connectivity index (χ4v) is 4.56. The number of carbonyl (C=O) groups excluding carboxylic acids is 2. The van der Waals surface area contributed by atoms with Crippen LogP contribution < -0.4 is 40.0 Å². The number of carboxylic acids is 1. The Morgan fingerprint density at radius 1 is 1.05 bits per heavy atom. The van der Waals surface area contributed by atoms with E-state index in [9.17, 15) is 34.4 Å². The molecule has 0 spiro atoms. The summed E-state index contributed by atoms with van der Waals surface area (Å²) in [6, 6.07) is 14.6. The Hall–Kier alpha value is -2.60. The van der Waals surface area contributed by atoms with Crippen LogP contribution in [-0.2, 0) is 17.8 Å². The van der Waals surface area contributed by atoms with E-state index in [2.05, 4.69) is 10.3 Å². The number of imidazole rings is 1. The minimum Gasteiger partial charge on any atom is -0.550 e. The number of halogens is 1. The molecule has 1 aromatic heterocycles. The van der Waals surface area contributed by atoms with Crippen LogP contribution in [0.4, 0.5) is 4.39 Å². The molecule has 3 aromatic rings. The standard InChI is InChI=1S/C29H36FN3O6.Na/c1-18(2)27-26(29(39)31-22(17-34)14-19-6-4-3-5-7-19)32-28(20-8-10-21(30)11-9-20)33(27)13-12-23(35)15-24(36)16-25(37)38;/h3-11,18,22-24,34-36H,12-17H2,1-2H3,(H,31,39)(H,37,38);/q;+1/p-1/t22-,23+,24+;/m0./s1. The topological polar surface area (TPSA) is 148 Å². The molecule has 0 aliphatic heterocycles. The summed E-state index contributed by atoms with van der Waals surface area (Å²) in [4.78, 5) is 28.8. The van der Waals surface area contributed by atoms with Gasteiger partial charge < -0.3 is 35.1 Å². The van der Waals surface area contributed by atoms with Gasteiger partial charge in [-0.05, 0) is 55.0 Å². The summed E-state index contributed by atoms with van der Waals surface area (Å²) >= 11 is 0. The SMILES string of the molecule is CC(C)c1c(C(=O)N[C@H](CO)Cc2ccccc2)nc(-c2ccc(F)cc2)n1CC[C@@H](O)C[C@@H](O)CC(=O)[O-].[Na+]. The van der Waals surface area contributed by atoms with Crippen LogP contribution in [0, 0.1) is 5.82 Å². The summed E-state index contributed by atoms with van der Waals surface area (Å²) in [5.74, 6) is -2.08. The van der Waals surface area contributed by atoms with Gasteiger partial charge in [0.2, 0.25) is 0 Å². The summed E-state index contributed by atoms with van der Waals surface area (Å²) in [5.41, 5.74) is 2.26. The van der Waals surface area contributed by atoms with Crippen molar-refractivity contribution in [1.82, 2.24) is 14.9 Å². The number of aliphatic hydroxyl groups is 3. The third kappa shape index (κ3) is 9.50. The van der Waals surface area contributed by atoms with Crippen LogP contribution in [0.1, 0.15) is 60.8 Å². The number of nitrogens with one attached hydrogen (secondary N) is 1. The summed E-state index contributed by atoms with van der Waals surface area (Å²) in [6.07, 6.45) is -2.45. The van der Waals surface area contributed by atoms with E-state index in [-0.39, 0.29) is 67.2 Å². The number of rotatable bonds is 14. The summed E-state index contributed by atoms with van der Waals surface area (Å²) < 4.78 is 15.4. The summed E-state index contributed by atoms with van der Waals surface area (Å²) in [5, 5.41) is 43.9. The normalized spacial score (nSPS) is 13.4. The van der Waals surface area contributed by atoms with Crippen molar-refractivity contribution in [2.45, 2.75) is 70.2 Å². The van der Waals surface area contributed by atoms with Crippen LogP contribution in [0.2, 0.25) is 0 Å². The third-order valence-electron chi connectivity index (χ3n) is 6.38. The number of carboxylic acid groups (broad SMARTS) is 1. The Balaban J connectivity index is 0.00000560. The van der Waals surface area contributed by atoms with Crippen LogP contribution in [0.5, 0.6) is 0 Å². The molecule has 210 valence electrons. The van der Waals surface area contributed by atoms with Gasteiger partial charge in [0.1, 0.15) is 17.3 Å². The molecule has 0 aliphatic carbocycles. The summed E-state index contributed by atoms with van der Waals surface area (Å²) in [6.45, 7) is 3.72. The number of aromatic nitrogens is 2. The van der Waals surface area contributed by atoms with E-state index in [0.29, 0.717) is 23.5 Å². The first-order chi connectivity index (χ1) is 18.6. The van der Waals surface area contributed by atoms with E-state index in [1.807, 2.05) is 44.2 Å². The second kappa shape index (κ2) is 16.0. The summed E-state index contributed by atoms with van der Waals surface area (Å²) in [7, 11) is 0. The molecule has 11 heteroatoms. The van der Waals surface area contributed by atoms with Crippen LogP contribution in [0.25, 0.3) is 11.4 Å². The van der Waals surface area contributed by atoms with Gasteiger partial charge in [0.05, 0.1) is 30.6 Å². The first-order valence-corrected chi connectivity index (χ1v) is 13.0. The Bertz CT molecular complexity index is 1240. The second-order valence-electron chi connectivity index (χ2n) is 9.93. The molecule has 3 atom stereocenters. The van der Waals surface area contributed by atoms with E-state index in [4.69, 9.17) is 0 Å². The van der Waals surface area contributed by atoms with Crippen molar-refractivity contribution in [3.8, 4) is 11.4 Å². The predicted octanol–water partition coefficient (Wildman–Crippen LogP) is -1.21. The Morgan fingerprint density at radius 3 is 2.27 bits per heavy atom. The molecule has 0 saturated carbocycles. The van der Waals surface area contributed by atoms with Crippen molar-refractivity contribution >= 4 is 11.9 Å². The molecule has 40 heavy (non-hydrogen) atoms. The van der Waals surface area contributed by atoms with Crippen molar-refractivity contribution in [3.05, 3.63) is 77.4 Å². The quantitative estimate of drug-likeness (QED) is 0.180. The maximum absolute atomic E-state index is 13.7. The molecular weight excluding hydrogens is 528 g/mol. The van der Waals surface area contributed by atoms with Crippen LogP contribution in [-0.4, -0.2) is 61.6 Å². The van der Waals surface area contributed by atoms with Crippen molar-refractivity contribution in [2.24, 2.45) is 0 Å². The third-order valence-corrected chi connectivity index (χ3v) is 6.38. The van der Waals surface area contributed by atoms with Crippen molar-refractivity contribution in [3.63, 3.8) is 0 Å². The van der Waals surface area contributed by atoms with E-state index >= 15 is 0 Å². The average Bonchev–Trinajstić information content (AvgIpc) is 3.27. The predicted molar refractivity (Wildman–Crippen MR) is 141 cm³/mol. The van der Waals surface area contributed by atoms with Gasteiger partial charge in [0, 0.05) is 24.5 Å². The van der Waals surface area contributed by atoms with E-state index in [1.165, 1.54) is 12.1 Å². The molecular formula is C29H35FN3NaO6. The zero-order chi connectivity index (χ0) is 28.5. The van der Waals surface area contributed by atoms with Gasteiger partial charge in [0.25, 0.3) is 5.91 Å². The maximum Gasteiger partial charge on any atom is 1.00 e. The first kappa shape index (κ1) is 33.6. The van der Waals surface area contributed by atoms with E-state index in [0.717, 1.165) is 5.56 Å². The largest absolute Gasteiger partial charge is 1.00 e. The van der Waals surface area contributed by atoms with Crippen molar-refractivity contribution in [2.75, 3.05) is 6.61 Å². The minimum absolute atomic E-state index is 0. The minimum atomic E-state index is -1.41. The monoisotopic (exact) mass is 563 g/mol. The maximum atomic E-state index is 13.7. The molecule has 0 fully saturated rings. The molecule has 0 bridgehead atoms. The number of hydrogen-bond donors (Lipinski definition) is 4. The number of aliphatic carboxylic acids is 1. The van der Waals surface area contributed by atoms with Gasteiger partial charge in [-0.1, -0.05) is 44.2 Å². The molecule has 4 N–H and O–H groups in total. The first-order valence-electron chi connectivity index (χ1n) is 13.0. The molecule has 0 radical (unpaired) electrons. The molecule has 3 rings (SSSR count). The molecule has 2 aromatic carbocycles. The molecule has 0 unspecified atom stereocenters. The molecule has 1 heterocycles. The van der Waals surface area contributed by atoms with E-state index < -0.39 is 42.4 Å². The van der Waals surface area contributed by atoms with E-state index in [1.54, 1.807) is 16.7 Å². The Kier molecular flexibility index (Phi) is 13.4. The smallest absolute Gasteiger partial charge is 0.550 e. The zero-order valence-corrected chi connectivity index (χ0v) is 25.1. The average molecular weight is 564 g/mol. The number of amides is 1. The molecule has 9 nitrogen and oxygen atoms in total. The van der Waals surface area contributed by atoms with Crippen molar-refractivity contribution < 1.29 is 64.0 Å². The number of aliphatic hydroxyl groups excluding tert-OH is 3. The Morgan fingerprint density at radius 2 is 1.70 bits per heavy atom.